The second kappa shape index (κ2) is 13.3. The third-order valence-electron chi connectivity index (χ3n) is 4.83. The number of nitrogens with one attached hydrogen (secondary N) is 2. The molecule has 0 saturated heterocycles. The van der Waals surface area contributed by atoms with Gasteiger partial charge in [-0.1, -0.05) is 30.4 Å². The van der Waals surface area contributed by atoms with E-state index in [2.05, 4.69) is 22.4 Å². The minimum absolute atomic E-state index is 0.113. The fourth-order valence-electron chi connectivity index (χ4n) is 3.05. The summed E-state index contributed by atoms with van der Waals surface area (Å²) in [4.78, 5) is 24.5. The van der Waals surface area contributed by atoms with Crippen LogP contribution in [0.25, 0.3) is 0 Å². The molecule has 0 aliphatic carbocycles. The molecule has 0 atom stereocenters. The van der Waals surface area contributed by atoms with Crippen LogP contribution >= 0.6 is 0 Å². The van der Waals surface area contributed by atoms with Crippen LogP contribution in [-0.2, 0) is 4.79 Å². The quantitative estimate of drug-likeness (QED) is 0.218. The van der Waals surface area contributed by atoms with Crippen molar-refractivity contribution in [2.75, 3.05) is 25.1 Å². The number of hydrogen-bond acceptors (Lipinski definition) is 6. The summed E-state index contributed by atoms with van der Waals surface area (Å²) in [5.41, 5.74) is 5.46. The van der Waals surface area contributed by atoms with Crippen molar-refractivity contribution in [1.82, 2.24) is 5.43 Å². The van der Waals surface area contributed by atoms with Crippen molar-refractivity contribution in [2.24, 2.45) is 5.10 Å². The highest BCUT2D eigenvalue weighted by Crippen LogP contribution is 2.28. The number of rotatable bonds is 12. The number of hydrogen-bond donors (Lipinski definition) is 2. The fraction of sp³-hybridized carbons (Fsp3) is 0.179. The van der Waals surface area contributed by atoms with Crippen LogP contribution in [0.3, 0.4) is 0 Å². The van der Waals surface area contributed by atoms with Crippen molar-refractivity contribution in [2.45, 2.75) is 13.8 Å². The predicted octanol–water partition coefficient (Wildman–Crippen LogP) is 4.74. The number of hydrazone groups is 1. The Kier molecular flexibility index (Phi) is 9.64. The number of ether oxygens (including phenoxy) is 3. The van der Waals surface area contributed by atoms with Crippen LogP contribution in [0.1, 0.15) is 28.4 Å². The lowest BCUT2D eigenvalue weighted by atomic mass is 10.2. The minimum Gasteiger partial charge on any atom is -0.490 e. The van der Waals surface area contributed by atoms with Crippen LogP contribution in [0.4, 0.5) is 5.69 Å². The molecule has 2 amide bonds. The zero-order chi connectivity index (χ0) is 25.8. The monoisotopic (exact) mass is 487 g/mol. The van der Waals surface area contributed by atoms with Gasteiger partial charge in [-0.2, -0.15) is 5.10 Å². The van der Waals surface area contributed by atoms with E-state index in [9.17, 15) is 9.59 Å². The van der Waals surface area contributed by atoms with E-state index in [1.807, 2.05) is 38.1 Å². The van der Waals surface area contributed by atoms with Gasteiger partial charge in [-0.15, -0.1) is 0 Å². The molecule has 0 heterocycles. The molecular formula is C28H29N3O5. The number of amides is 2. The Morgan fingerprint density at radius 3 is 2.39 bits per heavy atom. The lowest BCUT2D eigenvalue weighted by molar-refractivity contribution is -0.118. The molecular weight excluding hydrogens is 458 g/mol. The van der Waals surface area contributed by atoms with Crippen molar-refractivity contribution in [3.63, 3.8) is 0 Å². The molecule has 0 radical (unpaired) electrons. The number of carbonyl (C=O) groups excluding carboxylic acids is 2. The SMILES string of the molecule is C=CCOc1ccc(C(=O)N/N=C/c2ccc(OCC(=O)Nc3ccc(C)cc3)cc2)cc1OCC. The zero-order valence-corrected chi connectivity index (χ0v) is 20.3. The molecule has 0 aliphatic rings. The van der Waals surface area contributed by atoms with Crippen LogP contribution in [0.5, 0.6) is 17.2 Å². The molecule has 8 nitrogen and oxygen atoms in total. The van der Waals surface area contributed by atoms with E-state index in [4.69, 9.17) is 14.2 Å². The number of nitrogens with zero attached hydrogens (tertiary/aromatic N) is 1. The molecule has 186 valence electrons. The largest absolute Gasteiger partial charge is 0.490 e. The zero-order valence-electron chi connectivity index (χ0n) is 20.3. The highest BCUT2D eigenvalue weighted by molar-refractivity contribution is 5.95. The van der Waals surface area contributed by atoms with Gasteiger partial charge < -0.3 is 19.5 Å². The molecule has 36 heavy (non-hydrogen) atoms. The summed E-state index contributed by atoms with van der Waals surface area (Å²) < 4.78 is 16.6. The number of aryl methyl sites for hydroxylation is 1. The molecule has 0 fully saturated rings. The van der Waals surface area contributed by atoms with Gasteiger partial charge in [-0.05, 0) is 74.0 Å². The van der Waals surface area contributed by atoms with E-state index in [0.717, 1.165) is 11.1 Å². The van der Waals surface area contributed by atoms with Crippen LogP contribution < -0.4 is 25.0 Å². The van der Waals surface area contributed by atoms with Gasteiger partial charge in [-0.25, -0.2) is 5.43 Å². The van der Waals surface area contributed by atoms with E-state index in [1.165, 1.54) is 6.21 Å². The molecule has 0 saturated carbocycles. The van der Waals surface area contributed by atoms with Crippen molar-refractivity contribution < 1.29 is 23.8 Å². The molecule has 3 rings (SSSR count). The smallest absolute Gasteiger partial charge is 0.271 e. The van der Waals surface area contributed by atoms with Gasteiger partial charge in [0.1, 0.15) is 12.4 Å². The summed E-state index contributed by atoms with van der Waals surface area (Å²) in [6, 6.07) is 19.4. The van der Waals surface area contributed by atoms with E-state index < -0.39 is 0 Å². The first-order valence-electron chi connectivity index (χ1n) is 11.4. The predicted molar refractivity (Wildman–Crippen MR) is 140 cm³/mol. The lowest BCUT2D eigenvalue weighted by Crippen LogP contribution is -2.20. The summed E-state index contributed by atoms with van der Waals surface area (Å²) in [6.07, 6.45) is 3.14. The minimum atomic E-state index is -0.387. The standard InChI is InChI=1S/C28H29N3O5/c1-4-16-35-25-15-10-22(17-26(25)34-5-2)28(33)31-29-18-21-8-13-24(14-9-21)36-19-27(32)30-23-11-6-20(3)7-12-23/h4,6-15,17-18H,1,5,16,19H2,2-3H3,(H,30,32)(H,31,33)/b29-18+. The van der Waals surface area contributed by atoms with Crippen molar-refractivity contribution in [3.05, 3.63) is 96.1 Å². The molecule has 8 heteroatoms. The number of carbonyl (C=O) groups is 2. The highest BCUT2D eigenvalue weighted by atomic mass is 16.5. The van der Waals surface area contributed by atoms with Gasteiger partial charge in [0.15, 0.2) is 18.1 Å². The third-order valence-corrected chi connectivity index (χ3v) is 4.83. The van der Waals surface area contributed by atoms with Gasteiger partial charge in [-0.3, -0.25) is 9.59 Å². The first-order valence-corrected chi connectivity index (χ1v) is 11.4. The molecule has 2 N–H and O–H groups in total. The Bertz CT molecular complexity index is 1200. The molecule has 0 aromatic heterocycles. The summed E-state index contributed by atoms with van der Waals surface area (Å²) in [5, 5.41) is 6.79. The molecule has 3 aromatic rings. The average molecular weight is 488 g/mol. The molecule has 0 unspecified atom stereocenters. The maximum Gasteiger partial charge on any atom is 0.271 e. The summed E-state index contributed by atoms with van der Waals surface area (Å²) in [5.74, 6) is 0.908. The summed E-state index contributed by atoms with van der Waals surface area (Å²) in [7, 11) is 0. The van der Waals surface area contributed by atoms with Gasteiger partial charge in [0.2, 0.25) is 0 Å². The average Bonchev–Trinajstić information content (AvgIpc) is 2.89. The van der Waals surface area contributed by atoms with Crippen LogP contribution in [-0.4, -0.2) is 37.8 Å². The molecule has 0 aliphatic heterocycles. The second-order valence-corrected chi connectivity index (χ2v) is 7.67. The Morgan fingerprint density at radius 1 is 0.944 bits per heavy atom. The van der Waals surface area contributed by atoms with E-state index in [1.54, 1.807) is 48.5 Å². The van der Waals surface area contributed by atoms with Gasteiger partial charge in [0, 0.05) is 11.3 Å². The van der Waals surface area contributed by atoms with Crippen molar-refractivity contribution >= 4 is 23.7 Å². The normalized spacial score (nSPS) is 10.5. The van der Waals surface area contributed by atoms with Crippen LogP contribution in [0.2, 0.25) is 0 Å². The molecule has 0 bridgehead atoms. The maximum absolute atomic E-state index is 12.5. The van der Waals surface area contributed by atoms with E-state index in [0.29, 0.717) is 41.7 Å². The third kappa shape index (κ3) is 8.02. The Hall–Kier alpha value is -4.59. The fourth-order valence-corrected chi connectivity index (χ4v) is 3.05. The van der Waals surface area contributed by atoms with Crippen molar-refractivity contribution in [1.29, 1.82) is 0 Å². The second-order valence-electron chi connectivity index (χ2n) is 7.67. The van der Waals surface area contributed by atoms with Crippen molar-refractivity contribution in [3.8, 4) is 17.2 Å². The molecule has 0 spiro atoms. The molecule has 3 aromatic carbocycles. The maximum atomic E-state index is 12.5. The van der Waals surface area contributed by atoms with Crippen LogP contribution in [0.15, 0.2) is 84.5 Å². The Labute approximate surface area is 210 Å². The van der Waals surface area contributed by atoms with Gasteiger partial charge in [0.05, 0.1) is 12.8 Å². The van der Waals surface area contributed by atoms with Crippen LogP contribution in [0, 0.1) is 6.92 Å². The van der Waals surface area contributed by atoms with Gasteiger partial charge >= 0.3 is 0 Å². The topological polar surface area (TPSA) is 98.3 Å². The lowest BCUT2D eigenvalue weighted by Gasteiger charge is -2.12. The Morgan fingerprint density at radius 2 is 1.69 bits per heavy atom. The number of benzene rings is 3. The Balaban J connectivity index is 1.49. The summed E-state index contributed by atoms with van der Waals surface area (Å²) >= 11 is 0. The van der Waals surface area contributed by atoms with E-state index in [-0.39, 0.29) is 18.4 Å². The summed E-state index contributed by atoms with van der Waals surface area (Å²) in [6.45, 7) is 8.11. The first kappa shape index (κ1) is 26.0. The first-order chi connectivity index (χ1) is 17.5. The van der Waals surface area contributed by atoms with Gasteiger partial charge in [0.25, 0.3) is 11.8 Å². The highest BCUT2D eigenvalue weighted by Gasteiger charge is 2.11. The number of anilines is 1. The van der Waals surface area contributed by atoms with E-state index >= 15 is 0 Å².